The number of nitrogens with one attached hydrogen (secondary N) is 12. The predicted octanol–water partition coefficient (Wildman–Crippen LogP) is -1.68. The first-order chi connectivity index (χ1) is 47.4. The first-order valence-corrected chi connectivity index (χ1v) is 35.1. The third kappa shape index (κ3) is 27.6. The number of thioether (sulfide) groups is 1. The summed E-state index contributed by atoms with van der Waals surface area (Å²) in [6, 6.07) is -8.34. The Labute approximate surface area is 586 Å². The van der Waals surface area contributed by atoms with Gasteiger partial charge in [0.25, 0.3) is 0 Å². The number of primary amides is 1. The highest BCUT2D eigenvalue weighted by Gasteiger charge is 2.40. The van der Waals surface area contributed by atoms with E-state index in [-0.39, 0.29) is 94.9 Å². The van der Waals surface area contributed by atoms with Crippen LogP contribution in [0.1, 0.15) is 150 Å². The highest BCUT2D eigenvalue weighted by molar-refractivity contribution is 8.14. The van der Waals surface area contributed by atoms with Gasteiger partial charge < -0.3 is 90.9 Å². The average Bonchev–Trinajstić information content (AvgIpc) is 1.37. The maximum atomic E-state index is 14.9. The molecule has 6 unspecified atom stereocenters. The predicted molar refractivity (Wildman–Crippen MR) is 369 cm³/mol. The molecule has 554 valence electrons. The van der Waals surface area contributed by atoms with Crippen LogP contribution in [0.5, 0.6) is 0 Å². The normalized spacial score (nSPS) is 23.1. The second kappa shape index (κ2) is 42.1. The van der Waals surface area contributed by atoms with Gasteiger partial charge in [-0.3, -0.25) is 72.1 Å². The highest BCUT2D eigenvalue weighted by atomic mass is 32.2. The van der Waals surface area contributed by atoms with Crippen LogP contribution < -0.4 is 75.7 Å². The number of carbonyl (C=O) groups is 14. The van der Waals surface area contributed by atoms with E-state index in [1.54, 1.807) is 58.0 Å². The molecule has 12 amide bonds. The number of aromatic amines is 1. The van der Waals surface area contributed by atoms with Crippen molar-refractivity contribution >= 4 is 99.6 Å². The van der Waals surface area contributed by atoms with E-state index in [0.29, 0.717) is 16.3 Å². The second-order valence-corrected chi connectivity index (χ2v) is 27.0. The number of carboxylic acid groups (broad SMARTS) is 2. The van der Waals surface area contributed by atoms with Gasteiger partial charge in [0.2, 0.25) is 70.9 Å². The van der Waals surface area contributed by atoms with E-state index < -0.39 is 193 Å². The first kappa shape index (κ1) is 83.4. The molecule has 15 atom stereocenters. The molecule has 34 heteroatoms. The molecule has 0 radical (unpaired) electrons. The third-order valence-electron chi connectivity index (χ3n) is 17.5. The Balaban J connectivity index is 1.77. The van der Waals surface area contributed by atoms with E-state index in [9.17, 15) is 77.3 Å². The standard InChI is InChI=1S/C66H103N17O16S/c1-9-35(6)52(69)66-81-48(32-100-66)63(97)76-43(26-34(4)5)59(93)74-42(22-23-50(85)86)58(92)83-53(36(7)10-2)64(98)75-40-20-15-16-25-71-55(89)46(29-49(68)84)78-62(96)47(30-51(87)88)79-61(95)45(28-39-31-70-33-72-39)77-60(94)44(27-38-18-13-12-14-19-38)80-65(99)54(37(8)11-3)82-57(91)41(21-17-24-67)73-56(40)90/h12-14,18-19,31,33-37,40-48,52-54H,9-11,15-17,20-30,32,67,69H2,1-8H3,(H2,68,84)(H,70,72)(H,71,89)(H,73,90)(H,74,93)(H,75,98)(H,76,97)(H,77,94)(H,78,96)(H,79,95)(H,80,99)(H,82,91)(H,83,92)(H,85,86)(H,87,88)/t35?,36-,37-,40?,41+,42+,43-,44+,45?,46?,47+,48?,52?,53-,54-/m0/s1. The molecule has 33 nitrogen and oxygen atoms in total. The van der Waals surface area contributed by atoms with Gasteiger partial charge in [-0.2, -0.15) is 0 Å². The molecule has 1 aromatic carbocycles. The number of carbonyl (C=O) groups excluding carboxylic acids is 12. The average molecular weight is 1420 g/mol. The number of hydrogen-bond acceptors (Lipinski definition) is 19. The van der Waals surface area contributed by atoms with E-state index in [2.05, 4.69) is 73.4 Å². The van der Waals surface area contributed by atoms with Crippen LogP contribution in [0, 0.1) is 23.7 Å². The fourth-order valence-corrected chi connectivity index (χ4v) is 12.0. The fraction of sp³-hybridized carbons (Fsp3) is 0.636. The van der Waals surface area contributed by atoms with Gasteiger partial charge in [-0.1, -0.05) is 105 Å². The molecule has 0 saturated carbocycles. The van der Waals surface area contributed by atoms with Crippen molar-refractivity contribution in [1.29, 1.82) is 0 Å². The molecule has 4 rings (SSSR count). The minimum atomic E-state index is -1.94. The van der Waals surface area contributed by atoms with Crippen LogP contribution in [-0.4, -0.2) is 199 Å². The zero-order valence-electron chi connectivity index (χ0n) is 58.2. The molecule has 1 saturated heterocycles. The van der Waals surface area contributed by atoms with Gasteiger partial charge >= 0.3 is 11.9 Å². The van der Waals surface area contributed by atoms with Crippen LogP contribution >= 0.6 is 11.8 Å². The molecule has 3 heterocycles. The van der Waals surface area contributed by atoms with E-state index in [4.69, 9.17) is 17.2 Å². The van der Waals surface area contributed by atoms with Gasteiger partial charge in [0.05, 0.1) is 30.3 Å². The van der Waals surface area contributed by atoms with Crippen molar-refractivity contribution in [2.75, 3.05) is 18.8 Å². The number of aliphatic imine (C=N–C) groups is 1. The second-order valence-electron chi connectivity index (χ2n) is 26.0. The first-order valence-electron chi connectivity index (χ1n) is 34.1. The number of nitrogens with two attached hydrogens (primary N) is 3. The monoisotopic (exact) mass is 1420 g/mol. The van der Waals surface area contributed by atoms with E-state index in [1.807, 2.05) is 27.7 Å². The zero-order valence-corrected chi connectivity index (χ0v) is 59.0. The van der Waals surface area contributed by atoms with Crippen molar-refractivity contribution in [3.63, 3.8) is 0 Å². The fourth-order valence-electron chi connectivity index (χ4n) is 10.9. The molecule has 0 spiro atoms. The molecule has 20 N–H and O–H groups in total. The summed E-state index contributed by atoms with van der Waals surface area (Å²) in [6.07, 6.45) is 0.368. The lowest BCUT2D eigenvalue weighted by molar-refractivity contribution is -0.142. The molecule has 1 fully saturated rings. The number of hydrogen-bond donors (Lipinski definition) is 17. The number of nitrogens with zero attached hydrogens (tertiary/aromatic N) is 2. The summed E-state index contributed by atoms with van der Waals surface area (Å²) in [5.41, 5.74) is 18.7. The summed E-state index contributed by atoms with van der Waals surface area (Å²) in [6.45, 7) is 14.1. The van der Waals surface area contributed by atoms with Crippen LogP contribution in [-0.2, 0) is 80.0 Å². The number of carboxylic acids is 2. The van der Waals surface area contributed by atoms with Gasteiger partial charge in [-0.25, -0.2) is 4.98 Å². The Hall–Kier alpha value is -9.05. The molecule has 2 aromatic rings. The molecule has 0 bridgehead atoms. The molecule has 2 aliphatic heterocycles. The molecular weight excluding hydrogens is 1320 g/mol. The summed E-state index contributed by atoms with van der Waals surface area (Å²) in [4.78, 5) is 207. The summed E-state index contributed by atoms with van der Waals surface area (Å²) in [7, 11) is 0. The van der Waals surface area contributed by atoms with E-state index in [0.717, 1.165) is 6.42 Å². The molecule has 0 aliphatic carbocycles. The summed E-state index contributed by atoms with van der Waals surface area (Å²) < 4.78 is 0. The van der Waals surface area contributed by atoms with E-state index >= 15 is 0 Å². The van der Waals surface area contributed by atoms with Crippen LogP contribution in [0.4, 0.5) is 0 Å². The third-order valence-corrected chi connectivity index (χ3v) is 18.6. The molecular formula is C66H103N17O16S. The van der Waals surface area contributed by atoms with Gasteiger partial charge in [-0.05, 0) is 80.7 Å². The molecule has 1 aromatic heterocycles. The largest absolute Gasteiger partial charge is 0.481 e. The lowest BCUT2D eigenvalue weighted by Gasteiger charge is -2.30. The van der Waals surface area contributed by atoms with Crippen LogP contribution in [0.3, 0.4) is 0 Å². The Morgan fingerprint density at radius 3 is 1.85 bits per heavy atom. The highest BCUT2D eigenvalue weighted by Crippen LogP contribution is 2.25. The van der Waals surface area contributed by atoms with Crippen molar-refractivity contribution in [2.45, 2.75) is 224 Å². The molecule has 2 aliphatic rings. The van der Waals surface area contributed by atoms with Crippen molar-refractivity contribution in [3.05, 3.63) is 54.1 Å². The Morgan fingerprint density at radius 1 is 0.660 bits per heavy atom. The minimum Gasteiger partial charge on any atom is -0.481 e. The van der Waals surface area contributed by atoms with Crippen molar-refractivity contribution in [2.24, 2.45) is 45.9 Å². The number of benzene rings is 1. The number of H-pyrrole nitrogens is 1. The topological polar surface area (TPSA) is 531 Å². The lowest BCUT2D eigenvalue weighted by atomic mass is 9.96. The van der Waals surface area contributed by atoms with Crippen LogP contribution in [0.25, 0.3) is 0 Å². The maximum Gasteiger partial charge on any atom is 0.305 e. The zero-order chi connectivity index (χ0) is 74.3. The Morgan fingerprint density at radius 2 is 1.26 bits per heavy atom. The quantitative estimate of drug-likeness (QED) is 0.0401. The summed E-state index contributed by atoms with van der Waals surface area (Å²) in [5, 5.41) is 49.1. The van der Waals surface area contributed by atoms with Crippen LogP contribution in [0.15, 0.2) is 47.8 Å². The maximum absolute atomic E-state index is 14.9. The van der Waals surface area contributed by atoms with E-state index in [1.165, 1.54) is 24.3 Å². The smallest absolute Gasteiger partial charge is 0.305 e. The van der Waals surface area contributed by atoms with Crippen molar-refractivity contribution in [1.82, 2.24) is 68.5 Å². The Kier molecular flexibility index (Phi) is 35.1. The minimum absolute atomic E-state index is 0.00117. The number of imidazole rings is 1. The van der Waals surface area contributed by atoms with Gasteiger partial charge in [0.15, 0.2) is 0 Å². The number of amides is 12. The number of rotatable bonds is 31. The van der Waals surface area contributed by atoms with Gasteiger partial charge in [0, 0.05) is 43.5 Å². The summed E-state index contributed by atoms with van der Waals surface area (Å²) in [5.74, 6) is -15.4. The number of aromatic nitrogens is 2. The Bertz CT molecular complexity index is 3160. The molecule has 100 heavy (non-hydrogen) atoms. The summed E-state index contributed by atoms with van der Waals surface area (Å²) >= 11 is 1.35. The van der Waals surface area contributed by atoms with Gasteiger partial charge in [0.1, 0.15) is 66.5 Å². The van der Waals surface area contributed by atoms with Crippen LogP contribution in [0.2, 0.25) is 0 Å². The lowest BCUT2D eigenvalue weighted by Crippen LogP contribution is -2.62. The SMILES string of the molecule is CCC(C)C(N)C1=NC(C(=O)N[C@@H](CC(C)C)C(=O)N[C@H](CCC(=O)O)C(=O)N[C@H](C(=O)NC2CCCCNC(=O)C(CC(N)=O)NC(=O)[C@@H](CC(=O)O)NC(=O)C(Cc3cnc[nH]3)NC(=O)[C@@H](Cc3ccccc3)NC(=O)[C@H]([C@@H](C)CC)NC(=O)[C@@H](CCCN)NC2=O)[C@@H](C)CC)CS1. The number of aliphatic carboxylic acids is 2. The van der Waals surface area contributed by atoms with Crippen molar-refractivity contribution < 1.29 is 77.3 Å². The van der Waals surface area contributed by atoms with Gasteiger partial charge in [-0.15, -0.1) is 11.8 Å². The van der Waals surface area contributed by atoms with Crippen molar-refractivity contribution in [3.8, 4) is 0 Å².